The van der Waals surface area contributed by atoms with E-state index in [4.69, 9.17) is 5.73 Å². The van der Waals surface area contributed by atoms with Crippen LogP contribution < -0.4 is 5.73 Å². The van der Waals surface area contributed by atoms with Gasteiger partial charge in [-0.3, -0.25) is 4.90 Å². The Morgan fingerprint density at radius 3 is 2.47 bits per heavy atom. The summed E-state index contributed by atoms with van der Waals surface area (Å²) in [6, 6.07) is 8.39. The van der Waals surface area contributed by atoms with Gasteiger partial charge in [0.15, 0.2) is 0 Å². The monoisotopic (exact) mass is 257 g/mol. The van der Waals surface area contributed by atoms with Crippen molar-refractivity contribution in [2.24, 2.45) is 5.73 Å². The molecule has 0 saturated carbocycles. The van der Waals surface area contributed by atoms with E-state index in [1.165, 1.54) is 18.7 Å². The largest absolute Gasteiger partial charge is 0.320 e. The van der Waals surface area contributed by atoms with Gasteiger partial charge in [0, 0.05) is 38.3 Å². The molecule has 0 spiro atoms. The van der Waals surface area contributed by atoms with Gasteiger partial charge in [-0.05, 0) is 18.2 Å². The molecule has 0 amide bonds. The highest BCUT2D eigenvalue weighted by atomic mass is 15.3. The molecular weight excluding hydrogens is 234 g/mol. The van der Waals surface area contributed by atoms with Gasteiger partial charge in [0.05, 0.1) is 6.54 Å². The van der Waals surface area contributed by atoms with Crippen molar-refractivity contribution in [3.8, 4) is 11.8 Å². The maximum atomic E-state index is 5.45. The maximum Gasteiger partial charge on any atom is 0.0555 e. The lowest BCUT2D eigenvalue weighted by atomic mass is 10.1. The summed E-state index contributed by atoms with van der Waals surface area (Å²) < 4.78 is 0. The number of nitrogens with two attached hydrogens (primary N) is 1. The van der Waals surface area contributed by atoms with E-state index in [2.05, 4.69) is 46.8 Å². The normalized spacial score (nSPS) is 16.9. The minimum atomic E-state index is 0.420. The Bertz CT molecular complexity index is 451. The Balaban J connectivity index is 1.99. The lowest BCUT2D eigenvalue weighted by Crippen LogP contribution is -2.45. The Hall–Kier alpha value is -1.34. The van der Waals surface area contributed by atoms with Crippen LogP contribution in [0.1, 0.15) is 18.1 Å². The second kappa shape index (κ2) is 7.30. The fourth-order valence-corrected chi connectivity index (χ4v) is 2.43. The first-order valence-electron chi connectivity index (χ1n) is 7.05. The number of hydrogen-bond donors (Lipinski definition) is 1. The van der Waals surface area contributed by atoms with Crippen molar-refractivity contribution in [1.29, 1.82) is 0 Å². The SMILES string of the molecule is CCN1CCN(Cc2ccccc2C#CCN)CC1. The first kappa shape index (κ1) is 14.1. The molecule has 2 rings (SSSR count). The molecular formula is C16H23N3. The third-order valence-corrected chi connectivity index (χ3v) is 3.65. The van der Waals surface area contributed by atoms with E-state index in [-0.39, 0.29) is 0 Å². The minimum absolute atomic E-state index is 0.420. The summed E-state index contributed by atoms with van der Waals surface area (Å²) in [6.07, 6.45) is 0. The van der Waals surface area contributed by atoms with E-state index < -0.39 is 0 Å². The van der Waals surface area contributed by atoms with Crippen molar-refractivity contribution in [2.75, 3.05) is 39.3 Å². The van der Waals surface area contributed by atoms with E-state index in [0.717, 1.165) is 31.7 Å². The van der Waals surface area contributed by atoms with Gasteiger partial charge in [0.25, 0.3) is 0 Å². The smallest absolute Gasteiger partial charge is 0.0555 e. The summed E-state index contributed by atoms with van der Waals surface area (Å²) in [5.74, 6) is 6.12. The van der Waals surface area contributed by atoms with Crippen LogP contribution in [-0.4, -0.2) is 49.1 Å². The van der Waals surface area contributed by atoms with Gasteiger partial charge in [-0.1, -0.05) is 37.0 Å². The lowest BCUT2D eigenvalue weighted by Gasteiger charge is -2.34. The molecule has 1 heterocycles. The molecule has 0 unspecified atom stereocenters. The second-order valence-corrected chi connectivity index (χ2v) is 4.87. The highest BCUT2D eigenvalue weighted by Gasteiger charge is 2.16. The van der Waals surface area contributed by atoms with Gasteiger partial charge in [-0.15, -0.1) is 0 Å². The van der Waals surface area contributed by atoms with Crippen LogP contribution in [0.3, 0.4) is 0 Å². The molecule has 0 aliphatic carbocycles. The van der Waals surface area contributed by atoms with E-state index in [1.807, 2.05) is 6.07 Å². The van der Waals surface area contributed by atoms with Crippen molar-refractivity contribution in [2.45, 2.75) is 13.5 Å². The standard InChI is InChI=1S/C16H23N3/c1-2-18-10-12-19(13-11-18)14-16-7-4-3-6-15(16)8-5-9-17/h3-4,6-7H,2,9-14,17H2,1H3. The van der Waals surface area contributed by atoms with E-state index in [1.54, 1.807) is 0 Å². The highest BCUT2D eigenvalue weighted by Crippen LogP contribution is 2.12. The van der Waals surface area contributed by atoms with Crippen molar-refractivity contribution in [3.05, 3.63) is 35.4 Å². The molecule has 0 bridgehead atoms. The zero-order valence-electron chi connectivity index (χ0n) is 11.7. The summed E-state index contributed by atoms with van der Waals surface area (Å²) >= 11 is 0. The molecule has 1 saturated heterocycles. The summed E-state index contributed by atoms with van der Waals surface area (Å²) in [7, 11) is 0. The van der Waals surface area contributed by atoms with Gasteiger partial charge in [0.1, 0.15) is 0 Å². The number of likely N-dealkylation sites (N-methyl/N-ethyl adjacent to an activating group) is 1. The molecule has 3 nitrogen and oxygen atoms in total. The number of hydrogen-bond acceptors (Lipinski definition) is 3. The van der Waals surface area contributed by atoms with Crippen LogP contribution in [0.5, 0.6) is 0 Å². The van der Waals surface area contributed by atoms with Crippen LogP contribution in [0.2, 0.25) is 0 Å². The van der Waals surface area contributed by atoms with Gasteiger partial charge >= 0.3 is 0 Å². The molecule has 102 valence electrons. The molecule has 1 aliphatic heterocycles. The zero-order valence-corrected chi connectivity index (χ0v) is 11.7. The van der Waals surface area contributed by atoms with Gasteiger partial charge in [-0.25, -0.2) is 0 Å². The second-order valence-electron chi connectivity index (χ2n) is 4.87. The fraction of sp³-hybridized carbons (Fsp3) is 0.500. The molecule has 1 aromatic rings. The van der Waals surface area contributed by atoms with Crippen LogP contribution in [0.4, 0.5) is 0 Å². The third-order valence-electron chi connectivity index (χ3n) is 3.65. The van der Waals surface area contributed by atoms with E-state index >= 15 is 0 Å². The molecule has 2 N–H and O–H groups in total. The number of nitrogens with zero attached hydrogens (tertiary/aromatic N) is 2. The maximum absolute atomic E-state index is 5.45. The molecule has 1 aromatic carbocycles. The molecule has 3 heteroatoms. The first-order chi connectivity index (χ1) is 9.33. The van der Waals surface area contributed by atoms with Gasteiger partial charge < -0.3 is 10.6 Å². The molecule has 1 fully saturated rings. The summed E-state index contributed by atoms with van der Waals surface area (Å²) in [5, 5.41) is 0. The number of piperazine rings is 1. The minimum Gasteiger partial charge on any atom is -0.320 e. The Kier molecular flexibility index (Phi) is 5.41. The topological polar surface area (TPSA) is 32.5 Å². The summed E-state index contributed by atoms with van der Waals surface area (Å²) in [5.41, 5.74) is 7.88. The third kappa shape index (κ3) is 4.07. The summed E-state index contributed by atoms with van der Waals surface area (Å²) in [6.45, 7) is 9.44. The zero-order chi connectivity index (χ0) is 13.5. The molecule has 0 atom stereocenters. The van der Waals surface area contributed by atoms with Gasteiger partial charge in [0.2, 0.25) is 0 Å². The Morgan fingerprint density at radius 2 is 1.79 bits per heavy atom. The Labute approximate surface area is 116 Å². The van der Waals surface area contributed by atoms with E-state index in [9.17, 15) is 0 Å². The molecule has 0 aromatic heterocycles. The predicted molar refractivity (Wildman–Crippen MR) is 79.8 cm³/mol. The van der Waals surface area contributed by atoms with Crippen LogP contribution in [0.25, 0.3) is 0 Å². The number of rotatable bonds is 3. The van der Waals surface area contributed by atoms with Crippen LogP contribution >= 0.6 is 0 Å². The van der Waals surface area contributed by atoms with Crippen LogP contribution in [0, 0.1) is 11.8 Å². The number of benzene rings is 1. The first-order valence-corrected chi connectivity index (χ1v) is 7.05. The van der Waals surface area contributed by atoms with Crippen LogP contribution in [-0.2, 0) is 6.54 Å². The van der Waals surface area contributed by atoms with Crippen molar-refractivity contribution >= 4 is 0 Å². The highest BCUT2D eigenvalue weighted by molar-refractivity contribution is 5.41. The van der Waals surface area contributed by atoms with Crippen molar-refractivity contribution in [1.82, 2.24) is 9.80 Å². The average Bonchev–Trinajstić information content (AvgIpc) is 2.47. The average molecular weight is 257 g/mol. The van der Waals surface area contributed by atoms with Crippen LogP contribution in [0.15, 0.2) is 24.3 Å². The fourth-order valence-electron chi connectivity index (χ4n) is 2.43. The quantitative estimate of drug-likeness (QED) is 0.824. The summed E-state index contributed by atoms with van der Waals surface area (Å²) in [4.78, 5) is 5.01. The van der Waals surface area contributed by atoms with E-state index in [0.29, 0.717) is 6.54 Å². The lowest BCUT2D eigenvalue weighted by molar-refractivity contribution is 0.132. The Morgan fingerprint density at radius 1 is 1.11 bits per heavy atom. The molecule has 1 aliphatic rings. The van der Waals surface area contributed by atoms with Crippen molar-refractivity contribution < 1.29 is 0 Å². The van der Waals surface area contributed by atoms with Crippen molar-refractivity contribution in [3.63, 3.8) is 0 Å². The predicted octanol–water partition coefficient (Wildman–Crippen LogP) is 1.13. The van der Waals surface area contributed by atoms with Gasteiger partial charge in [-0.2, -0.15) is 0 Å². The molecule has 19 heavy (non-hydrogen) atoms. The molecule has 0 radical (unpaired) electrons.